The van der Waals surface area contributed by atoms with Gasteiger partial charge in [0, 0.05) is 10.2 Å². The molecule has 5 heteroatoms. The molecule has 2 rings (SSSR count). The Morgan fingerprint density at radius 2 is 1.78 bits per heavy atom. The molecule has 0 radical (unpaired) electrons. The van der Waals surface area contributed by atoms with Crippen molar-refractivity contribution in [2.24, 2.45) is 0 Å². The third-order valence-corrected chi connectivity index (χ3v) is 2.79. The SMILES string of the molecule is Nc1ccc(COc2cc(Br)cc(F)c2F)cc1. The van der Waals surface area contributed by atoms with Gasteiger partial charge in [0.1, 0.15) is 6.61 Å². The largest absolute Gasteiger partial charge is 0.486 e. The van der Waals surface area contributed by atoms with Crippen molar-refractivity contribution in [3.63, 3.8) is 0 Å². The smallest absolute Gasteiger partial charge is 0.200 e. The van der Waals surface area contributed by atoms with Gasteiger partial charge in [0.15, 0.2) is 11.6 Å². The number of rotatable bonds is 3. The molecule has 0 fully saturated rings. The van der Waals surface area contributed by atoms with Crippen LogP contribution in [0.4, 0.5) is 14.5 Å². The Bertz CT molecular complexity index is 558. The first-order valence-corrected chi connectivity index (χ1v) is 5.97. The minimum Gasteiger partial charge on any atom is -0.486 e. The van der Waals surface area contributed by atoms with Gasteiger partial charge >= 0.3 is 0 Å². The molecular weight excluding hydrogens is 304 g/mol. The molecule has 0 bridgehead atoms. The molecule has 0 aliphatic heterocycles. The molecule has 94 valence electrons. The first kappa shape index (κ1) is 12.8. The van der Waals surface area contributed by atoms with Crippen LogP contribution in [0.25, 0.3) is 0 Å². The monoisotopic (exact) mass is 313 g/mol. The number of hydrogen-bond acceptors (Lipinski definition) is 2. The van der Waals surface area contributed by atoms with Crippen LogP contribution in [0.15, 0.2) is 40.9 Å². The van der Waals surface area contributed by atoms with Gasteiger partial charge in [-0.2, -0.15) is 4.39 Å². The lowest BCUT2D eigenvalue weighted by Crippen LogP contribution is -1.99. The molecule has 2 aromatic rings. The Morgan fingerprint density at radius 3 is 2.44 bits per heavy atom. The van der Waals surface area contributed by atoms with E-state index in [1.54, 1.807) is 24.3 Å². The summed E-state index contributed by atoms with van der Waals surface area (Å²) < 4.78 is 32.2. The summed E-state index contributed by atoms with van der Waals surface area (Å²) in [5.41, 5.74) is 7.00. The molecule has 0 aliphatic carbocycles. The lowest BCUT2D eigenvalue weighted by Gasteiger charge is -2.08. The molecule has 0 unspecified atom stereocenters. The Labute approximate surface area is 112 Å². The Balaban J connectivity index is 2.13. The Hall–Kier alpha value is -1.62. The van der Waals surface area contributed by atoms with Crippen molar-refractivity contribution < 1.29 is 13.5 Å². The second kappa shape index (κ2) is 5.35. The average molecular weight is 314 g/mol. The minimum absolute atomic E-state index is 0.126. The third-order valence-electron chi connectivity index (χ3n) is 2.33. The lowest BCUT2D eigenvalue weighted by molar-refractivity contribution is 0.284. The van der Waals surface area contributed by atoms with E-state index in [0.29, 0.717) is 10.2 Å². The van der Waals surface area contributed by atoms with E-state index in [1.165, 1.54) is 6.07 Å². The van der Waals surface area contributed by atoms with E-state index in [2.05, 4.69) is 15.9 Å². The van der Waals surface area contributed by atoms with Gasteiger partial charge in [-0.15, -0.1) is 0 Å². The second-order valence-corrected chi connectivity index (χ2v) is 4.65. The zero-order chi connectivity index (χ0) is 13.1. The molecule has 2 nitrogen and oxygen atoms in total. The molecule has 18 heavy (non-hydrogen) atoms. The van der Waals surface area contributed by atoms with Crippen molar-refractivity contribution in [1.29, 1.82) is 0 Å². The molecule has 0 spiro atoms. The summed E-state index contributed by atoms with van der Waals surface area (Å²) in [5.74, 6) is -2.07. The predicted octanol–water partition coefficient (Wildman–Crippen LogP) is 3.89. The summed E-state index contributed by atoms with van der Waals surface area (Å²) in [6.45, 7) is 0.146. The molecule has 0 saturated carbocycles. The molecule has 0 heterocycles. The van der Waals surface area contributed by atoms with E-state index in [1.807, 2.05) is 0 Å². The zero-order valence-corrected chi connectivity index (χ0v) is 10.9. The fourth-order valence-corrected chi connectivity index (χ4v) is 1.82. The van der Waals surface area contributed by atoms with Gasteiger partial charge in [-0.25, -0.2) is 4.39 Å². The number of benzene rings is 2. The summed E-state index contributed by atoms with van der Waals surface area (Å²) in [7, 11) is 0. The highest BCUT2D eigenvalue weighted by molar-refractivity contribution is 9.10. The zero-order valence-electron chi connectivity index (χ0n) is 9.29. The predicted molar refractivity (Wildman–Crippen MR) is 69.2 cm³/mol. The topological polar surface area (TPSA) is 35.2 Å². The van der Waals surface area contributed by atoms with Gasteiger partial charge in [0.05, 0.1) is 0 Å². The van der Waals surface area contributed by atoms with Crippen LogP contribution in [0.5, 0.6) is 5.75 Å². The molecule has 0 amide bonds. The number of nitrogens with two attached hydrogens (primary N) is 1. The Morgan fingerprint density at radius 1 is 1.11 bits per heavy atom. The number of hydrogen-bond donors (Lipinski definition) is 1. The van der Waals surface area contributed by atoms with Gasteiger partial charge in [-0.05, 0) is 29.8 Å². The summed E-state index contributed by atoms with van der Waals surface area (Å²) in [4.78, 5) is 0. The highest BCUT2D eigenvalue weighted by Crippen LogP contribution is 2.26. The van der Waals surface area contributed by atoms with Crippen molar-refractivity contribution in [2.75, 3.05) is 5.73 Å². The fraction of sp³-hybridized carbons (Fsp3) is 0.0769. The van der Waals surface area contributed by atoms with Gasteiger partial charge in [-0.3, -0.25) is 0 Å². The molecule has 0 saturated heterocycles. The van der Waals surface area contributed by atoms with Crippen LogP contribution in [0.1, 0.15) is 5.56 Å². The first-order chi connectivity index (χ1) is 8.56. The second-order valence-electron chi connectivity index (χ2n) is 3.73. The summed E-state index contributed by atoms with van der Waals surface area (Å²) in [5, 5.41) is 0. The van der Waals surface area contributed by atoms with E-state index in [-0.39, 0.29) is 12.4 Å². The average Bonchev–Trinajstić information content (AvgIpc) is 2.34. The highest BCUT2D eigenvalue weighted by Gasteiger charge is 2.11. The van der Waals surface area contributed by atoms with Gasteiger partial charge in [0.2, 0.25) is 5.82 Å². The lowest BCUT2D eigenvalue weighted by atomic mass is 10.2. The molecule has 0 aliphatic rings. The third kappa shape index (κ3) is 2.98. The Kier molecular flexibility index (Phi) is 3.81. The minimum atomic E-state index is -0.992. The first-order valence-electron chi connectivity index (χ1n) is 5.18. The summed E-state index contributed by atoms with van der Waals surface area (Å²) in [6, 6.07) is 9.40. The van der Waals surface area contributed by atoms with Crippen molar-refractivity contribution in [1.82, 2.24) is 0 Å². The van der Waals surface area contributed by atoms with Crippen LogP contribution in [-0.2, 0) is 6.61 Å². The molecule has 0 atom stereocenters. The van der Waals surface area contributed by atoms with Crippen LogP contribution in [0.2, 0.25) is 0 Å². The van der Waals surface area contributed by atoms with E-state index >= 15 is 0 Å². The van der Waals surface area contributed by atoms with Crippen molar-refractivity contribution in [3.05, 3.63) is 58.1 Å². The van der Waals surface area contributed by atoms with Crippen molar-refractivity contribution in [3.8, 4) is 5.75 Å². The maximum absolute atomic E-state index is 13.4. The van der Waals surface area contributed by atoms with Crippen LogP contribution in [0, 0.1) is 11.6 Å². The van der Waals surface area contributed by atoms with E-state index in [4.69, 9.17) is 10.5 Å². The van der Waals surface area contributed by atoms with Gasteiger partial charge in [0.25, 0.3) is 0 Å². The normalized spacial score (nSPS) is 10.4. The van der Waals surface area contributed by atoms with Crippen LogP contribution in [-0.4, -0.2) is 0 Å². The standard InChI is InChI=1S/C13H10BrF2NO/c14-9-5-11(15)13(16)12(6-9)18-7-8-1-3-10(17)4-2-8/h1-6H,7,17H2. The maximum Gasteiger partial charge on any atom is 0.200 e. The highest BCUT2D eigenvalue weighted by atomic mass is 79.9. The van der Waals surface area contributed by atoms with E-state index in [0.717, 1.165) is 11.6 Å². The molecule has 0 aromatic heterocycles. The summed E-state index contributed by atoms with van der Waals surface area (Å²) >= 11 is 3.08. The fourth-order valence-electron chi connectivity index (χ4n) is 1.41. The van der Waals surface area contributed by atoms with Crippen molar-refractivity contribution >= 4 is 21.6 Å². The van der Waals surface area contributed by atoms with Crippen LogP contribution in [0.3, 0.4) is 0 Å². The molecule has 2 N–H and O–H groups in total. The van der Waals surface area contributed by atoms with Crippen LogP contribution < -0.4 is 10.5 Å². The molecule has 2 aromatic carbocycles. The van der Waals surface area contributed by atoms with Crippen LogP contribution >= 0.6 is 15.9 Å². The number of ether oxygens (including phenoxy) is 1. The number of anilines is 1. The van der Waals surface area contributed by atoms with Gasteiger partial charge in [-0.1, -0.05) is 28.1 Å². The number of halogens is 3. The molecular formula is C13H10BrF2NO. The van der Waals surface area contributed by atoms with Gasteiger partial charge < -0.3 is 10.5 Å². The van der Waals surface area contributed by atoms with Crippen molar-refractivity contribution in [2.45, 2.75) is 6.61 Å². The van der Waals surface area contributed by atoms with E-state index < -0.39 is 11.6 Å². The number of nitrogen functional groups attached to an aromatic ring is 1. The van der Waals surface area contributed by atoms with E-state index in [9.17, 15) is 8.78 Å². The summed E-state index contributed by atoms with van der Waals surface area (Å²) in [6.07, 6.45) is 0. The maximum atomic E-state index is 13.4. The quantitative estimate of drug-likeness (QED) is 0.689.